The van der Waals surface area contributed by atoms with Gasteiger partial charge in [-0.15, -0.1) is 0 Å². The van der Waals surface area contributed by atoms with E-state index in [-0.39, 0.29) is 0 Å². The Morgan fingerprint density at radius 2 is 0.756 bits per heavy atom. The molecule has 2 heteroatoms. The molecule has 0 aliphatic heterocycles. The van der Waals surface area contributed by atoms with Crippen LogP contribution in [0.5, 0.6) is 0 Å². The van der Waals surface area contributed by atoms with Gasteiger partial charge in [0, 0.05) is 23.5 Å². The maximum Gasteiger partial charge on any atom is 0.0702 e. The summed E-state index contributed by atoms with van der Waals surface area (Å²) in [7, 11) is 0. The van der Waals surface area contributed by atoms with Gasteiger partial charge >= 0.3 is 0 Å². The summed E-state index contributed by atoms with van der Waals surface area (Å²) in [5.74, 6) is 0. The molecule has 0 aliphatic carbocycles. The van der Waals surface area contributed by atoms with Crippen LogP contribution in [0.15, 0.2) is 85.2 Å². The van der Waals surface area contributed by atoms with Crippen LogP contribution in [0.2, 0.25) is 0 Å². The molecule has 2 aromatic carbocycles. The van der Waals surface area contributed by atoms with Crippen molar-refractivity contribution in [2.24, 2.45) is 0 Å². The molecule has 2 nitrogen and oxygen atoms in total. The quantitative estimate of drug-likeness (QED) is 0.138. The first kappa shape index (κ1) is 32.3. The van der Waals surface area contributed by atoms with Crippen LogP contribution in [0, 0.1) is 0 Å². The third-order valence-corrected chi connectivity index (χ3v) is 7.64. The fourth-order valence-electron chi connectivity index (χ4n) is 5.00. The third kappa shape index (κ3) is 11.6. The van der Waals surface area contributed by atoms with Gasteiger partial charge in [0.05, 0.1) is 11.4 Å². The second-order valence-electron chi connectivity index (χ2n) is 11.3. The summed E-state index contributed by atoms with van der Waals surface area (Å²) in [6.45, 7) is 8.93. The number of rotatable bonds is 15. The first-order valence-electron chi connectivity index (χ1n) is 16.2. The number of aromatic nitrogens is 2. The van der Waals surface area contributed by atoms with Crippen molar-refractivity contribution < 1.29 is 0 Å². The molecule has 0 fully saturated rings. The Kier molecular flexibility index (Phi) is 14.9. The lowest BCUT2D eigenvalue weighted by molar-refractivity contribution is 0.716. The monoisotopic (exact) mass is 548 g/mol. The van der Waals surface area contributed by atoms with Crippen molar-refractivity contribution in [2.45, 2.75) is 111 Å². The summed E-state index contributed by atoms with van der Waals surface area (Å²) in [5, 5.41) is 0. The summed E-state index contributed by atoms with van der Waals surface area (Å²) in [4.78, 5) is 9.22. The molecule has 0 radical (unpaired) electrons. The number of unbranched alkanes of at least 4 members (excludes halogenated alkanes) is 5. The maximum absolute atomic E-state index is 4.62. The highest BCUT2D eigenvalue weighted by Crippen LogP contribution is 2.20. The van der Waals surface area contributed by atoms with E-state index in [4.69, 9.17) is 0 Å². The van der Waals surface area contributed by atoms with Gasteiger partial charge in [-0.3, -0.25) is 9.97 Å². The maximum atomic E-state index is 4.62. The molecule has 0 bridgehead atoms. The van der Waals surface area contributed by atoms with Crippen molar-refractivity contribution in [3.8, 4) is 22.5 Å². The molecule has 218 valence electrons. The molecule has 4 aromatic rings. The van der Waals surface area contributed by atoms with Gasteiger partial charge in [-0.05, 0) is 79.3 Å². The fourth-order valence-corrected chi connectivity index (χ4v) is 5.00. The van der Waals surface area contributed by atoms with E-state index in [0.717, 1.165) is 30.7 Å². The molecule has 0 aliphatic rings. The minimum absolute atomic E-state index is 1.08. The van der Waals surface area contributed by atoms with Crippen molar-refractivity contribution in [2.75, 3.05) is 0 Å². The van der Waals surface area contributed by atoms with Crippen LogP contribution in [0.1, 0.15) is 108 Å². The van der Waals surface area contributed by atoms with Crippen molar-refractivity contribution >= 4 is 0 Å². The lowest BCUT2D eigenvalue weighted by Gasteiger charge is -2.05. The molecule has 0 N–H and O–H groups in total. The van der Waals surface area contributed by atoms with Crippen LogP contribution < -0.4 is 0 Å². The standard InChI is InChI=1S/C20H27N.C19H25N/c1-3-5-7-9-18-12-15-20(21-16-18)19-13-10-17(11-14-19)8-6-4-2;1-3-5-6-8-17-11-14-19(20-15-17)18-12-9-16(7-4-2)10-13-18/h10-16H,3-9H2,1-2H3;9-15H,3-8H2,1-2H3. The van der Waals surface area contributed by atoms with E-state index >= 15 is 0 Å². The van der Waals surface area contributed by atoms with Gasteiger partial charge in [0.25, 0.3) is 0 Å². The number of benzene rings is 2. The average Bonchev–Trinajstić information content (AvgIpc) is 3.02. The summed E-state index contributed by atoms with van der Waals surface area (Å²) < 4.78 is 0. The molecule has 2 heterocycles. The smallest absolute Gasteiger partial charge is 0.0702 e. The van der Waals surface area contributed by atoms with Crippen LogP contribution in [-0.4, -0.2) is 9.97 Å². The Morgan fingerprint density at radius 1 is 0.366 bits per heavy atom. The van der Waals surface area contributed by atoms with E-state index in [9.17, 15) is 0 Å². The minimum atomic E-state index is 1.08. The molecular weight excluding hydrogens is 496 g/mol. The molecule has 0 saturated carbocycles. The second kappa shape index (κ2) is 19.0. The molecule has 0 saturated heterocycles. The Balaban J connectivity index is 0.000000226. The van der Waals surface area contributed by atoms with Gasteiger partial charge in [0.1, 0.15) is 0 Å². The zero-order valence-corrected chi connectivity index (χ0v) is 26.2. The Hall–Kier alpha value is -3.26. The van der Waals surface area contributed by atoms with Crippen molar-refractivity contribution in [1.82, 2.24) is 9.97 Å². The van der Waals surface area contributed by atoms with Crippen LogP contribution in [-0.2, 0) is 25.7 Å². The molecular formula is C39H52N2. The van der Waals surface area contributed by atoms with E-state index in [1.807, 2.05) is 12.4 Å². The molecule has 0 spiro atoms. The molecule has 0 atom stereocenters. The topological polar surface area (TPSA) is 25.8 Å². The zero-order valence-electron chi connectivity index (χ0n) is 26.2. The van der Waals surface area contributed by atoms with Crippen LogP contribution in [0.25, 0.3) is 22.5 Å². The van der Waals surface area contributed by atoms with Crippen LogP contribution in [0.3, 0.4) is 0 Å². The molecule has 0 unspecified atom stereocenters. The van der Waals surface area contributed by atoms with Crippen LogP contribution >= 0.6 is 0 Å². The van der Waals surface area contributed by atoms with E-state index in [1.165, 1.54) is 97.6 Å². The Bertz CT molecular complexity index is 1210. The Morgan fingerprint density at radius 3 is 1.12 bits per heavy atom. The summed E-state index contributed by atoms with van der Waals surface area (Å²) in [6, 6.07) is 26.4. The molecule has 2 aromatic heterocycles. The predicted octanol–water partition coefficient (Wildman–Crippen LogP) is 11.3. The molecule has 41 heavy (non-hydrogen) atoms. The number of pyridine rings is 2. The normalized spacial score (nSPS) is 10.7. The lowest BCUT2D eigenvalue weighted by atomic mass is 10.0. The zero-order chi connectivity index (χ0) is 29.1. The second-order valence-corrected chi connectivity index (χ2v) is 11.3. The van der Waals surface area contributed by atoms with E-state index in [2.05, 4.69) is 110 Å². The fraction of sp³-hybridized carbons (Fsp3) is 0.436. The SMILES string of the molecule is CCCCCc1ccc(-c2ccc(CCC)cc2)nc1.CCCCCc1ccc(-c2ccc(CCCC)cc2)nc1. The van der Waals surface area contributed by atoms with E-state index < -0.39 is 0 Å². The summed E-state index contributed by atoms with van der Waals surface area (Å²) >= 11 is 0. The van der Waals surface area contributed by atoms with Gasteiger partial charge in [0.15, 0.2) is 0 Å². The van der Waals surface area contributed by atoms with Gasteiger partial charge in [-0.2, -0.15) is 0 Å². The largest absolute Gasteiger partial charge is 0.256 e. The van der Waals surface area contributed by atoms with E-state index in [0.29, 0.717) is 0 Å². The first-order valence-corrected chi connectivity index (χ1v) is 16.2. The van der Waals surface area contributed by atoms with Crippen molar-refractivity contribution in [1.29, 1.82) is 0 Å². The predicted molar refractivity (Wildman–Crippen MR) is 178 cm³/mol. The van der Waals surface area contributed by atoms with Crippen molar-refractivity contribution in [3.63, 3.8) is 0 Å². The van der Waals surface area contributed by atoms with Gasteiger partial charge < -0.3 is 0 Å². The first-order chi connectivity index (χ1) is 20.2. The highest BCUT2D eigenvalue weighted by Gasteiger charge is 2.02. The van der Waals surface area contributed by atoms with Crippen molar-refractivity contribution in [3.05, 3.63) is 107 Å². The number of nitrogens with zero attached hydrogens (tertiary/aromatic N) is 2. The molecule has 0 amide bonds. The number of aryl methyl sites for hydroxylation is 4. The van der Waals surface area contributed by atoms with Gasteiger partial charge in [-0.25, -0.2) is 0 Å². The number of hydrogen-bond acceptors (Lipinski definition) is 2. The number of hydrogen-bond donors (Lipinski definition) is 0. The third-order valence-electron chi connectivity index (χ3n) is 7.64. The highest BCUT2D eigenvalue weighted by molar-refractivity contribution is 5.60. The summed E-state index contributed by atoms with van der Waals surface area (Å²) in [5.41, 5.74) is 10.1. The van der Waals surface area contributed by atoms with E-state index in [1.54, 1.807) is 0 Å². The molecule has 4 rings (SSSR count). The van der Waals surface area contributed by atoms with Crippen LogP contribution in [0.4, 0.5) is 0 Å². The average molecular weight is 549 g/mol. The minimum Gasteiger partial charge on any atom is -0.256 e. The lowest BCUT2D eigenvalue weighted by Crippen LogP contribution is -1.90. The van der Waals surface area contributed by atoms with Gasteiger partial charge in [-0.1, -0.05) is 127 Å². The Labute approximate surface area is 250 Å². The highest BCUT2D eigenvalue weighted by atomic mass is 14.7. The summed E-state index contributed by atoms with van der Waals surface area (Å²) in [6.07, 6.45) is 20.1. The van der Waals surface area contributed by atoms with Gasteiger partial charge in [0.2, 0.25) is 0 Å².